The molecule has 2 amide bonds. The third-order valence-corrected chi connectivity index (χ3v) is 1.96. The molecule has 1 aromatic carbocycles. The normalized spacial score (nSPS) is 9.47. The van der Waals surface area contributed by atoms with Crippen molar-refractivity contribution >= 4 is 28.9 Å². The zero-order chi connectivity index (χ0) is 11.4. The van der Waals surface area contributed by atoms with E-state index in [1.165, 1.54) is 25.2 Å². The van der Waals surface area contributed by atoms with Crippen LogP contribution in [-0.4, -0.2) is 18.1 Å². The van der Waals surface area contributed by atoms with Gasteiger partial charge in [-0.25, -0.2) is 9.18 Å². The third-order valence-electron chi connectivity index (χ3n) is 1.73. The van der Waals surface area contributed by atoms with Gasteiger partial charge in [0.1, 0.15) is 10.8 Å². The van der Waals surface area contributed by atoms with Crippen LogP contribution in [0, 0.1) is 5.82 Å². The second kappa shape index (κ2) is 4.70. The fourth-order valence-electron chi connectivity index (χ4n) is 0.955. The van der Waals surface area contributed by atoms with Crippen LogP contribution in [0.4, 0.5) is 14.9 Å². The molecular formula is C9H10FN3OS. The van der Waals surface area contributed by atoms with E-state index in [0.29, 0.717) is 5.56 Å². The van der Waals surface area contributed by atoms with Gasteiger partial charge in [-0.3, -0.25) is 0 Å². The van der Waals surface area contributed by atoms with E-state index >= 15 is 0 Å². The van der Waals surface area contributed by atoms with Crippen molar-refractivity contribution in [2.24, 2.45) is 5.73 Å². The van der Waals surface area contributed by atoms with Crippen LogP contribution in [0.1, 0.15) is 5.56 Å². The summed E-state index contributed by atoms with van der Waals surface area (Å²) in [6.45, 7) is 0. The maximum Gasteiger partial charge on any atom is 0.319 e. The van der Waals surface area contributed by atoms with E-state index in [0.717, 1.165) is 0 Å². The minimum Gasteiger partial charge on any atom is -0.389 e. The van der Waals surface area contributed by atoms with E-state index in [9.17, 15) is 9.18 Å². The molecule has 6 heteroatoms. The zero-order valence-electron chi connectivity index (χ0n) is 8.00. The summed E-state index contributed by atoms with van der Waals surface area (Å²) in [5, 5.41) is 4.63. The molecule has 4 N–H and O–H groups in total. The average Bonchev–Trinajstić information content (AvgIpc) is 2.20. The van der Waals surface area contributed by atoms with Crippen LogP contribution in [0.5, 0.6) is 0 Å². The number of nitrogens with one attached hydrogen (secondary N) is 2. The molecule has 0 radical (unpaired) electrons. The van der Waals surface area contributed by atoms with Gasteiger partial charge in [-0.2, -0.15) is 0 Å². The molecule has 1 aromatic rings. The highest BCUT2D eigenvalue weighted by Gasteiger charge is 2.07. The molecule has 0 aliphatic carbocycles. The molecule has 15 heavy (non-hydrogen) atoms. The van der Waals surface area contributed by atoms with E-state index in [1.54, 1.807) is 0 Å². The standard InChI is InChI=1S/C9H10FN3OS/c1-12-9(14)13-7-3-2-5(8(11)15)4-6(7)10/h2-4H,1H3,(H2,11,15)(H2,12,13,14). The Hall–Kier alpha value is -1.69. The first-order valence-corrected chi connectivity index (χ1v) is 4.53. The van der Waals surface area contributed by atoms with Crippen molar-refractivity contribution in [2.45, 2.75) is 0 Å². The molecule has 0 bridgehead atoms. The summed E-state index contributed by atoms with van der Waals surface area (Å²) in [5.74, 6) is -0.580. The Morgan fingerprint density at radius 1 is 1.53 bits per heavy atom. The SMILES string of the molecule is CNC(=O)Nc1ccc(C(N)=S)cc1F. The van der Waals surface area contributed by atoms with Crippen molar-refractivity contribution in [1.29, 1.82) is 0 Å². The van der Waals surface area contributed by atoms with Crippen LogP contribution >= 0.6 is 12.2 Å². The van der Waals surface area contributed by atoms with Gasteiger partial charge in [0.15, 0.2) is 0 Å². The molecule has 0 spiro atoms. The number of carbonyl (C=O) groups is 1. The van der Waals surface area contributed by atoms with Gasteiger partial charge in [-0.1, -0.05) is 12.2 Å². The minimum absolute atomic E-state index is 0.0781. The lowest BCUT2D eigenvalue weighted by Gasteiger charge is -2.06. The fraction of sp³-hybridized carbons (Fsp3) is 0.111. The van der Waals surface area contributed by atoms with Gasteiger partial charge in [-0.05, 0) is 18.2 Å². The minimum atomic E-state index is -0.580. The fourth-order valence-corrected chi connectivity index (χ4v) is 1.08. The van der Waals surface area contributed by atoms with Gasteiger partial charge in [0.2, 0.25) is 0 Å². The van der Waals surface area contributed by atoms with Crippen molar-refractivity contribution in [3.8, 4) is 0 Å². The second-order valence-corrected chi connectivity index (χ2v) is 3.20. The Morgan fingerprint density at radius 2 is 2.20 bits per heavy atom. The number of anilines is 1. The lowest BCUT2D eigenvalue weighted by Crippen LogP contribution is -2.25. The number of hydrogen-bond donors (Lipinski definition) is 3. The molecule has 0 fully saturated rings. The maximum atomic E-state index is 13.3. The third kappa shape index (κ3) is 2.88. The molecule has 0 aliphatic rings. The summed E-state index contributed by atoms with van der Waals surface area (Å²) < 4.78 is 13.3. The predicted molar refractivity (Wildman–Crippen MR) is 60.4 cm³/mol. The largest absolute Gasteiger partial charge is 0.389 e. The van der Waals surface area contributed by atoms with Gasteiger partial charge in [-0.15, -0.1) is 0 Å². The van der Waals surface area contributed by atoms with Gasteiger partial charge < -0.3 is 16.4 Å². The summed E-state index contributed by atoms with van der Waals surface area (Å²) in [4.78, 5) is 11.0. The molecule has 80 valence electrons. The zero-order valence-corrected chi connectivity index (χ0v) is 8.82. The highest BCUT2D eigenvalue weighted by Crippen LogP contribution is 2.15. The van der Waals surface area contributed by atoms with Crippen molar-refractivity contribution < 1.29 is 9.18 Å². The Kier molecular flexibility index (Phi) is 3.56. The molecule has 0 heterocycles. The highest BCUT2D eigenvalue weighted by atomic mass is 32.1. The van der Waals surface area contributed by atoms with Crippen molar-refractivity contribution in [1.82, 2.24) is 5.32 Å². The number of halogens is 1. The van der Waals surface area contributed by atoms with Crippen LogP contribution in [-0.2, 0) is 0 Å². The number of rotatable bonds is 2. The summed E-state index contributed by atoms with van der Waals surface area (Å²) in [6, 6.07) is 3.63. The van der Waals surface area contributed by atoms with Crippen molar-refractivity contribution in [3.63, 3.8) is 0 Å². The van der Waals surface area contributed by atoms with Crippen LogP contribution in [0.3, 0.4) is 0 Å². The van der Waals surface area contributed by atoms with Gasteiger partial charge in [0.25, 0.3) is 0 Å². The Bertz CT molecular complexity index is 408. The van der Waals surface area contributed by atoms with Crippen LogP contribution in [0.15, 0.2) is 18.2 Å². The van der Waals surface area contributed by atoms with Gasteiger partial charge in [0.05, 0.1) is 5.69 Å². The van der Waals surface area contributed by atoms with Crippen LogP contribution in [0.25, 0.3) is 0 Å². The summed E-state index contributed by atoms with van der Waals surface area (Å²) in [7, 11) is 1.44. The molecule has 4 nitrogen and oxygen atoms in total. The first-order chi connectivity index (χ1) is 7.04. The number of amides is 2. The second-order valence-electron chi connectivity index (χ2n) is 2.76. The Morgan fingerprint density at radius 3 is 2.67 bits per heavy atom. The first kappa shape index (κ1) is 11.4. The van der Waals surface area contributed by atoms with Gasteiger partial charge in [0, 0.05) is 12.6 Å². The number of carbonyl (C=O) groups excluding carboxylic acids is 1. The Labute approximate surface area is 91.7 Å². The van der Waals surface area contributed by atoms with Crippen LogP contribution in [0.2, 0.25) is 0 Å². The quantitative estimate of drug-likeness (QED) is 0.665. The lowest BCUT2D eigenvalue weighted by molar-refractivity contribution is 0.254. The molecular weight excluding hydrogens is 217 g/mol. The molecule has 0 atom stereocenters. The molecule has 0 unspecified atom stereocenters. The van der Waals surface area contributed by atoms with Gasteiger partial charge >= 0.3 is 6.03 Å². The molecule has 0 saturated heterocycles. The maximum absolute atomic E-state index is 13.3. The van der Waals surface area contributed by atoms with Crippen molar-refractivity contribution in [2.75, 3.05) is 12.4 Å². The summed E-state index contributed by atoms with van der Waals surface area (Å²) >= 11 is 4.69. The number of hydrogen-bond acceptors (Lipinski definition) is 2. The van der Waals surface area contributed by atoms with E-state index in [4.69, 9.17) is 5.73 Å². The first-order valence-electron chi connectivity index (χ1n) is 4.12. The van der Waals surface area contributed by atoms with E-state index in [2.05, 4.69) is 22.9 Å². The van der Waals surface area contributed by atoms with Crippen LogP contribution < -0.4 is 16.4 Å². The van der Waals surface area contributed by atoms with E-state index in [-0.39, 0.29) is 10.7 Å². The van der Waals surface area contributed by atoms with E-state index < -0.39 is 11.8 Å². The summed E-state index contributed by atoms with van der Waals surface area (Å²) in [6.07, 6.45) is 0. The summed E-state index contributed by atoms with van der Waals surface area (Å²) in [5.41, 5.74) is 5.82. The molecule has 1 rings (SSSR count). The number of nitrogens with two attached hydrogens (primary N) is 1. The van der Waals surface area contributed by atoms with E-state index in [1.807, 2.05) is 0 Å². The highest BCUT2D eigenvalue weighted by molar-refractivity contribution is 7.80. The Balaban J connectivity index is 2.93. The number of thiocarbonyl (C=S) groups is 1. The average molecular weight is 227 g/mol. The monoisotopic (exact) mass is 227 g/mol. The molecule has 0 aliphatic heterocycles. The smallest absolute Gasteiger partial charge is 0.319 e. The lowest BCUT2D eigenvalue weighted by atomic mass is 10.2. The molecule has 0 aromatic heterocycles. The predicted octanol–water partition coefficient (Wildman–Crippen LogP) is 1.21. The topological polar surface area (TPSA) is 67.2 Å². The number of benzene rings is 1. The number of urea groups is 1. The van der Waals surface area contributed by atoms with Crippen molar-refractivity contribution in [3.05, 3.63) is 29.6 Å². The molecule has 0 saturated carbocycles.